The van der Waals surface area contributed by atoms with Crippen LogP contribution in [-0.4, -0.2) is 26.1 Å². The molecule has 0 unspecified atom stereocenters. The van der Waals surface area contributed by atoms with E-state index in [4.69, 9.17) is 4.74 Å². The molecule has 0 aliphatic heterocycles. The average Bonchev–Trinajstić information content (AvgIpc) is 3.08. The van der Waals surface area contributed by atoms with E-state index in [-0.39, 0.29) is 12.5 Å². The van der Waals surface area contributed by atoms with Crippen LogP contribution in [0.3, 0.4) is 0 Å². The Balaban J connectivity index is 1.66. The van der Waals surface area contributed by atoms with Crippen LogP contribution in [-0.2, 0) is 13.2 Å². The number of anilines is 1. The first-order valence-corrected chi connectivity index (χ1v) is 7.60. The lowest BCUT2D eigenvalue weighted by Gasteiger charge is -2.08. The number of nitrogens with one attached hydrogen (secondary N) is 1. The first-order chi connectivity index (χ1) is 11.8. The number of hydrogen-bond donors (Lipinski definition) is 1. The lowest BCUT2D eigenvalue weighted by Crippen LogP contribution is -2.12. The molecule has 1 amide bonds. The molecule has 0 atom stereocenters. The van der Waals surface area contributed by atoms with Crippen LogP contribution in [0.25, 0.3) is 0 Å². The minimum Gasteiger partial charge on any atom is -0.486 e. The van der Waals surface area contributed by atoms with Crippen LogP contribution in [0.15, 0.2) is 54.6 Å². The molecule has 0 bridgehead atoms. The van der Waals surface area contributed by atoms with E-state index in [0.29, 0.717) is 23.7 Å². The number of ether oxygens (including phenoxy) is 1. The van der Waals surface area contributed by atoms with Crippen LogP contribution in [0.2, 0.25) is 0 Å². The van der Waals surface area contributed by atoms with Crippen LogP contribution in [0, 0.1) is 0 Å². The maximum absolute atomic E-state index is 12.3. The Morgan fingerprint density at radius 2 is 2.00 bits per heavy atom. The minimum absolute atomic E-state index is 0.190. The van der Waals surface area contributed by atoms with Gasteiger partial charge in [-0.3, -0.25) is 4.79 Å². The van der Waals surface area contributed by atoms with Crippen molar-refractivity contribution >= 4 is 11.6 Å². The number of rotatable bonds is 6. The molecule has 0 aliphatic rings. The predicted molar refractivity (Wildman–Crippen MR) is 88.7 cm³/mol. The third-order valence-electron chi connectivity index (χ3n) is 3.40. The molecule has 3 rings (SSSR count). The lowest BCUT2D eigenvalue weighted by atomic mass is 10.2. The highest BCUT2D eigenvalue weighted by molar-refractivity contribution is 6.04. The SMILES string of the molecule is CCn1nnnc1COc1cccc(C(=O)Nc2ccccc2)c1. The summed E-state index contributed by atoms with van der Waals surface area (Å²) in [6.45, 7) is 2.87. The fourth-order valence-electron chi connectivity index (χ4n) is 2.17. The summed E-state index contributed by atoms with van der Waals surface area (Å²) in [5, 5.41) is 14.2. The van der Waals surface area contributed by atoms with Crippen molar-refractivity contribution in [3.63, 3.8) is 0 Å². The lowest BCUT2D eigenvalue weighted by molar-refractivity contribution is 0.102. The zero-order valence-corrected chi connectivity index (χ0v) is 13.2. The number of hydrogen-bond acceptors (Lipinski definition) is 5. The summed E-state index contributed by atoms with van der Waals surface area (Å²) in [5.74, 6) is 1.03. The Morgan fingerprint density at radius 1 is 1.17 bits per heavy atom. The van der Waals surface area contributed by atoms with E-state index in [1.54, 1.807) is 28.9 Å². The Kier molecular flexibility index (Phi) is 4.81. The number of nitrogens with zero attached hydrogens (tertiary/aromatic N) is 4. The van der Waals surface area contributed by atoms with E-state index < -0.39 is 0 Å². The summed E-state index contributed by atoms with van der Waals surface area (Å²) >= 11 is 0. The first-order valence-electron chi connectivity index (χ1n) is 7.60. The fourth-order valence-corrected chi connectivity index (χ4v) is 2.17. The molecule has 0 saturated carbocycles. The van der Waals surface area contributed by atoms with Gasteiger partial charge in [-0.05, 0) is 47.7 Å². The molecule has 0 fully saturated rings. The molecule has 3 aromatic rings. The highest BCUT2D eigenvalue weighted by Gasteiger charge is 2.09. The third kappa shape index (κ3) is 3.75. The number of aryl methyl sites for hydroxylation is 1. The van der Waals surface area contributed by atoms with Gasteiger partial charge >= 0.3 is 0 Å². The monoisotopic (exact) mass is 323 g/mol. The van der Waals surface area contributed by atoms with Gasteiger partial charge < -0.3 is 10.1 Å². The van der Waals surface area contributed by atoms with Gasteiger partial charge in [0.1, 0.15) is 12.4 Å². The number of carbonyl (C=O) groups excluding carboxylic acids is 1. The molecule has 0 radical (unpaired) electrons. The molecular formula is C17H17N5O2. The maximum atomic E-state index is 12.3. The molecule has 7 nitrogen and oxygen atoms in total. The van der Waals surface area contributed by atoms with E-state index in [1.807, 2.05) is 37.3 Å². The summed E-state index contributed by atoms with van der Waals surface area (Å²) in [5.41, 5.74) is 1.27. The molecule has 0 spiro atoms. The zero-order chi connectivity index (χ0) is 16.8. The van der Waals surface area contributed by atoms with Crippen molar-refractivity contribution < 1.29 is 9.53 Å². The highest BCUT2D eigenvalue weighted by atomic mass is 16.5. The number of carbonyl (C=O) groups is 1. The largest absolute Gasteiger partial charge is 0.486 e. The van der Waals surface area contributed by atoms with Crippen molar-refractivity contribution in [1.29, 1.82) is 0 Å². The number of tetrazole rings is 1. The standard InChI is InChI=1S/C17H17N5O2/c1-2-22-16(19-20-21-22)12-24-15-10-6-7-13(11-15)17(23)18-14-8-4-3-5-9-14/h3-11H,2,12H2,1H3,(H,18,23). The minimum atomic E-state index is -0.190. The number of para-hydroxylation sites is 1. The predicted octanol–water partition coefficient (Wildman–Crippen LogP) is 2.52. The second kappa shape index (κ2) is 7.36. The van der Waals surface area contributed by atoms with Gasteiger partial charge in [0.25, 0.3) is 5.91 Å². The Labute approximate surface area is 139 Å². The van der Waals surface area contributed by atoms with E-state index in [1.165, 1.54) is 0 Å². The van der Waals surface area contributed by atoms with Crippen molar-refractivity contribution in [2.75, 3.05) is 5.32 Å². The van der Waals surface area contributed by atoms with Crippen molar-refractivity contribution in [3.8, 4) is 5.75 Å². The van der Waals surface area contributed by atoms with Gasteiger partial charge in [-0.1, -0.05) is 24.3 Å². The van der Waals surface area contributed by atoms with Crippen molar-refractivity contribution in [3.05, 3.63) is 66.0 Å². The number of benzene rings is 2. The summed E-state index contributed by atoms with van der Waals surface area (Å²) in [6.07, 6.45) is 0. The van der Waals surface area contributed by atoms with Gasteiger partial charge in [-0.25, -0.2) is 4.68 Å². The smallest absolute Gasteiger partial charge is 0.255 e. The van der Waals surface area contributed by atoms with Crippen molar-refractivity contribution in [1.82, 2.24) is 20.2 Å². The zero-order valence-electron chi connectivity index (χ0n) is 13.2. The van der Waals surface area contributed by atoms with Crippen LogP contribution in [0.4, 0.5) is 5.69 Å². The van der Waals surface area contributed by atoms with Crippen molar-refractivity contribution in [2.24, 2.45) is 0 Å². The Hall–Kier alpha value is -3.22. The van der Waals surface area contributed by atoms with Gasteiger partial charge in [-0.2, -0.15) is 0 Å². The molecule has 0 aliphatic carbocycles. The molecule has 1 N–H and O–H groups in total. The second-order valence-corrected chi connectivity index (χ2v) is 5.05. The molecule has 7 heteroatoms. The quantitative estimate of drug-likeness (QED) is 0.754. The number of aromatic nitrogens is 4. The van der Waals surface area contributed by atoms with E-state index in [2.05, 4.69) is 20.8 Å². The van der Waals surface area contributed by atoms with Crippen LogP contribution in [0.1, 0.15) is 23.1 Å². The van der Waals surface area contributed by atoms with Crippen molar-refractivity contribution in [2.45, 2.75) is 20.1 Å². The van der Waals surface area contributed by atoms with E-state index in [9.17, 15) is 4.79 Å². The van der Waals surface area contributed by atoms with Gasteiger partial charge in [0.2, 0.25) is 0 Å². The molecule has 122 valence electrons. The molecule has 1 heterocycles. The van der Waals surface area contributed by atoms with Gasteiger partial charge in [-0.15, -0.1) is 5.10 Å². The molecule has 2 aromatic carbocycles. The van der Waals surface area contributed by atoms with Crippen LogP contribution in [0.5, 0.6) is 5.75 Å². The van der Waals surface area contributed by atoms with E-state index in [0.717, 1.165) is 5.69 Å². The second-order valence-electron chi connectivity index (χ2n) is 5.05. The fraction of sp³-hybridized carbons (Fsp3) is 0.176. The van der Waals surface area contributed by atoms with Crippen LogP contribution >= 0.6 is 0 Å². The van der Waals surface area contributed by atoms with Gasteiger partial charge in [0.05, 0.1) is 0 Å². The van der Waals surface area contributed by atoms with Gasteiger partial charge in [0.15, 0.2) is 5.82 Å². The molecule has 1 aromatic heterocycles. The summed E-state index contributed by atoms with van der Waals surface area (Å²) in [4.78, 5) is 12.3. The highest BCUT2D eigenvalue weighted by Crippen LogP contribution is 2.16. The van der Waals surface area contributed by atoms with E-state index >= 15 is 0 Å². The third-order valence-corrected chi connectivity index (χ3v) is 3.40. The van der Waals surface area contributed by atoms with Gasteiger partial charge in [0, 0.05) is 17.8 Å². The normalized spacial score (nSPS) is 10.4. The Bertz CT molecular complexity index is 817. The maximum Gasteiger partial charge on any atom is 0.255 e. The average molecular weight is 323 g/mol. The van der Waals surface area contributed by atoms with Crippen LogP contribution < -0.4 is 10.1 Å². The Morgan fingerprint density at radius 3 is 2.79 bits per heavy atom. The summed E-state index contributed by atoms with van der Waals surface area (Å²) in [7, 11) is 0. The topological polar surface area (TPSA) is 81.9 Å². The number of amides is 1. The summed E-state index contributed by atoms with van der Waals surface area (Å²) < 4.78 is 7.35. The molecular weight excluding hydrogens is 306 g/mol. The summed E-state index contributed by atoms with van der Waals surface area (Å²) in [6, 6.07) is 16.3. The molecule has 0 saturated heterocycles. The first kappa shape index (κ1) is 15.7. The molecule has 24 heavy (non-hydrogen) atoms.